The summed E-state index contributed by atoms with van der Waals surface area (Å²) in [6.45, 7) is 0. The van der Waals surface area contributed by atoms with Crippen LogP contribution < -0.4 is 4.74 Å². The van der Waals surface area contributed by atoms with Crippen LogP contribution in [0.1, 0.15) is 27.0 Å². The third kappa shape index (κ3) is 4.51. The largest absolute Gasteiger partial charge is 0.495 e. The van der Waals surface area contributed by atoms with Crippen LogP contribution in [-0.4, -0.2) is 38.3 Å². The van der Waals surface area contributed by atoms with Gasteiger partial charge in [0.2, 0.25) is 0 Å². The number of hydrogen-bond acceptors (Lipinski definition) is 4. The van der Waals surface area contributed by atoms with Crippen molar-refractivity contribution in [3.05, 3.63) is 89.1 Å². The molecule has 2 aromatic heterocycles. The minimum Gasteiger partial charge on any atom is -0.495 e. The molecule has 2 heterocycles. The molecule has 1 unspecified atom stereocenters. The zero-order valence-corrected chi connectivity index (χ0v) is 18.1. The van der Waals surface area contributed by atoms with Crippen LogP contribution in [0.2, 0.25) is 0 Å². The minimum absolute atomic E-state index is 0.192. The lowest BCUT2D eigenvalue weighted by Gasteiger charge is -2.09. The molecule has 1 atom stereocenters. The lowest BCUT2D eigenvalue weighted by Crippen LogP contribution is -2.03. The maximum Gasteiger partial charge on any atom is 0.335 e. The maximum atomic E-state index is 11.7. The van der Waals surface area contributed by atoms with E-state index < -0.39 is 16.8 Å². The molecule has 4 aromatic rings. The highest BCUT2D eigenvalue weighted by Crippen LogP contribution is 2.30. The molecule has 0 bridgehead atoms. The van der Waals surface area contributed by atoms with Gasteiger partial charge in [0, 0.05) is 40.4 Å². The van der Waals surface area contributed by atoms with Crippen molar-refractivity contribution < 1.29 is 18.8 Å². The summed E-state index contributed by atoms with van der Waals surface area (Å²) in [5.41, 5.74) is 5.48. The highest BCUT2D eigenvalue weighted by atomic mass is 32.2. The van der Waals surface area contributed by atoms with E-state index in [2.05, 4.69) is 0 Å². The molecule has 0 saturated heterocycles. The molecule has 7 heteroatoms. The lowest BCUT2D eigenvalue weighted by molar-refractivity contribution is 0.0696. The zero-order chi connectivity index (χ0) is 22.0. The zero-order valence-electron chi connectivity index (χ0n) is 17.2. The van der Waals surface area contributed by atoms with E-state index in [-0.39, 0.29) is 5.56 Å². The van der Waals surface area contributed by atoms with Crippen molar-refractivity contribution in [1.29, 1.82) is 0 Å². The second kappa shape index (κ2) is 8.73. The SMILES string of the molecule is COc1ccc2c(Cc3cc(CS(C)=O)cc(C(=O)O)c3)c(-c3ccccc3)nn2c1. The van der Waals surface area contributed by atoms with E-state index in [0.717, 1.165) is 33.5 Å². The molecule has 0 aliphatic heterocycles. The van der Waals surface area contributed by atoms with Crippen LogP contribution in [0.3, 0.4) is 0 Å². The van der Waals surface area contributed by atoms with Gasteiger partial charge in [-0.25, -0.2) is 9.31 Å². The fourth-order valence-corrected chi connectivity index (χ4v) is 4.35. The fraction of sp³-hybridized carbons (Fsp3) is 0.167. The predicted octanol–water partition coefficient (Wildman–Crippen LogP) is 4.18. The number of benzene rings is 2. The van der Waals surface area contributed by atoms with Gasteiger partial charge in [-0.05, 0) is 35.4 Å². The number of pyridine rings is 1. The average molecular weight is 435 g/mol. The van der Waals surface area contributed by atoms with Gasteiger partial charge in [-0.1, -0.05) is 36.4 Å². The van der Waals surface area contributed by atoms with Crippen LogP contribution in [0.4, 0.5) is 0 Å². The summed E-state index contributed by atoms with van der Waals surface area (Å²) in [5.74, 6) is 0.00522. The third-order valence-corrected chi connectivity index (χ3v) is 5.78. The first-order valence-corrected chi connectivity index (χ1v) is 11.4. The molecule has 158 valence electrons. The fourth-order valence-electron chi connectivity index (χ4n) is 3.71. The van der Waals surface area contributed by atoms with E-state index in [1.165, 1.54) is 0 Å². The van der Waals surface area contributed by atoms with Crippen molar-refractivity contribution in [3.63, 3.8) is 0 Å². The summed E-state index contributed by atoms with van der Waals surface area (Å²) in [5, 5.41) is 14.3. The molecule has 0 spiro atoms. The van der Waals surface area contributed by atoms with Crippen LogP contribution >= 0.6 is 0 Å². The van der Waals surface area contributed by atoms with E-state index >= 15 is 0 Å². The summed E-state index contributed by atoms with van der Waals surface area (Å²) in [6, 6.07) is 18.9. The Morgan fingerprint density at radius 1 is 1.10 bits per heavy atom. The van der Waals surface area contributed by atoms with Crippen LogP contribution in [0.25, 0.3) is 16.8 Å². The van der Waals surface area contributed by atoms with Gasteiger partial charge in [-0.15, -0.1) is 0 Å². The number of methoxy groups -OCH3 is 1. The van der Waals surface area contributed by atoms with Gasteiger partial charge in [-0.3, -0.25) is 4.21 Å². The summed E-state index contributed by atoms with van der Waals surface area (Å²) in [4.78, 5) is 11.7. The topological polar surface area (TPSA) is 80.9 Å². The van der Waals surface area contributed by atoms with Gasteiger partial charge in [-0.2, -0.15) is 5.10 Å². The third-order valence-electron chi connectivity index (χ3n) is 5.04. The van der Waals surface area contributed by atoms with E-state index in [1.807, 2.05) is 54.7 Å². The summed E-state index contributed by atoms with van der Waals surface area (Å²) >= 11 is 0. The highest BCUT2D eigenvalue weighted by molar-refractivity contribution is 7.83. The second-order valence-electron chi connectivity index (χ2n) is 7.33. The summed E-state index contributed by atoms with van der Waals surface area (Å²) in [6.07, 6.45) is 3.93. The van der Waals surface area contributed by atoms with Crippen molar-refractivity contribution >= 4 is 22.3 Å². The van der Waals surface area contributed by atoms with Crippen LogP contribution in [0.5, 0.6) is 5.75 Å². The van der Waals surface area contributed by atoms with Gasteiger partial charge >= 0.3 is 5.97 Å². The number of fused-ring (bicyclic) bond motifs is 1. The van der Waals surface area contributed by atoms with Crippen molar-refractivity contribution in [2.24, 2.45) is 0 Å². The number of rotatable bonds is 7. The van der Waals surface area contributed by atoms with E-state index in [1.54, 1.807) is 30.0 Å². The second-order valence-corrected chi connectivity index (χ2v) is 8.76. The Kier molecular flexibility index (Phi) is 5.86. The molecule has 0 radical (unpaired) electrons. The minimum atomic E-state index is -1.07. The van der Waals surface area contributed by atoms with Crippen molar-refractivity contribution in [2.45, 2.75) is 12.2 Å². The van der Waals surface area contributed by atoms with E-state index in [4.69, 9.17) is 9.84 Å². The number of nitrogens with zero attached hydrogens (tertiary/aromatic N) is 2. The molecule has 2 aromatic carbocycles. The number of aromatic carboxylic acids is 1. The Morgan fingerprint density at radius 2 is 1.84 bits per heavy atom. The first-order valence-electron chi connectivity index (χ1n) is 9.71. The number of carbonyl (C=O) groups is 1. The number of carboxylic acids is 1. The molecule has 6 nitrogen and oxygen atoms in total. The predicted molar refractivity (Wildman–Crippen MR) is 121 cm³/mol. The number of ether oxygens (including phenoxy) is 1. The van der Waals surface area contributed by atoms with Crippen LogP contribution in [0, 0.1) is 0 Å². The maximum absolute atomic E-state index is 11.7. The summed E-state index contributed by atoms with van der Waals surface area (Å²) < 4.78 is 18.9. The van der Waals surface area contributed by atoms with Crippen molar-refractivity contribution in [1.82, 2.24) is 9.61 Å². The Morgan fingerprint density at radius 3 is 2.52 bits per heavy atom. The smallest absolute Gasteiger partial charge is 0.335 e. The molecule has 0 amide bonds. The monoisotopic (exact) mass is 434 g/mol. The van der Waals surface area contributed by atoms with E-state index in [9.17, 15) is 14.1 Å². The molecule has 4 rings (SSSR count). The summed E-state index contributed by atoms with van der Waals surface area (Å²) in [7, 11) is 0.543. The Bertz CT molecular complexity index is 1280. The standard InChI is InChI=1S/C24H22N2O4S/c1-30-20-8-9-22-21(23(25-26(22)14-20)18-6-4-3-5-7-18)13-16-10-17(15-31(2)29)12-19(11-16)24(27)28/h3-12,14H,13,15H2,1-2H3,(H,27,28). The Labute approximate surface area is 182 Å². The van der Waals surface area contributed by atoms with E-state index in [0.29, 0.717) is 17.9 Å². The quantitative estimate of drug-likeness (QED) is 0.472. The molecule has 0 aliphatic carbocycles. The van der Waals surface area contributed by atoms with Crippen molar-refractivity contribution in [2.75, 3.05) is 13.4 Å². The normalized spacial score (nSPS) is 12.1. The molecular formula is C24H22N2O4S. The first-order chi connectivity index (χ1) is 14.9. The molecule has 1 N–H and O–H groups in total. The molecule has 31 heavy (non-hydrogen) atoms. The molecule has 0 aliphatic rings. The average Bonchev–Trinajstić information content (AvgIpc) is 3.11. The van der Waals surface area contributed by atoms with Gasteiger partial charge in [0.25, 0.3) is 0 Å². The Hall–Kier alpha value is -3.45. The lowest BCUT2D eigenvalue weighted by atomic mass is 9.97. The first kappa shape index (κ1) is 20.8. The van der Waals surface area contributed by atoms with Crippen LogP contribution in [0.15, 0.2) is 66.9 Å². The molecule has 0 fully saturated rings. The van der Waals surface area contributed by atoms with Gasteiger partial charge in [0.1, 0.15) is 5.75 Å². The van der Waals surface area contributed by atoms with Crippen molar-refractivity contribution in [3.8, 4) is 17.0 Å². The number of aromatic nitrogens is 2. The van der Waals surface area contributed by atoms with Gasteiger partial charge in [0.15, 0.2) is 0 Å². The molecular weight excluding hydrogens is 412 g/mol. The molecule has 0 saturated carbocycles. The highest BCUT2D eigenvalue weighted by Gasteiger charge is 2.17. The Balaban J connectivity index is 1.87. The van der Waals surface area contributed by atoms with Gasteiger partial charge < -0.3 is 9.84 Å². The number of carboxylic acid groups (broad SMARTS) is 1. The van der Waals surface area contributed by atoms with Crippen LogP contribution in [-0.2, 0) is 23.0 Å². The number of hydrogen-bond donors (Lipinski definition) is 1. The van der Waals surface area contributed by atoms with Gasteiger partial charge in [0.05, 0.1) is 30.1 Å².